The maximum atomic E-state index is 12.1. The Kier molecular flexibility index (Phi) is 8.01. The van der Waals surface area contributed by atoms with E-state index in [1.165, 1.54) is 12.1 Å². The first kappa shape index (κ1) is 21.4. The molecular formula is C17H25N3O6. The van der Waals surface area contributed by atoms with Gasteiger partial charge in [0.25, 0.3) is 0 Å². The Morgan fingerprint density at radius 1 is 1.08 bits per heavy atom. The summed E-state index contributed by atoms with van der Waals surface area (Å²) in [5.74, 6) is -2.96. The van der Waals surface area contributed by atoms with Gasteiger partial charge in [-0.2, -0.15) is 0 Å². The molecule has 0 aliphatic carbocycles. The van der Waals surface area contributed by atoms with Crippen molar-refractivity contribution >= 4 is 17.8 Å². The molecule has 0 bridgehead atoms. The second-order valence-electron chi connectivity index (χ2n) is 6.29. The highest BCUT2D eigenvalue weighted by Gasteiger charge is 2.29. The average Bonchev–Trinajstić information content (AvgIpc) is 2.58. The van der Waals surface area contributed by atoms with Gasteiger partial charge in [-0.15, -0.1) is 0 Å². The van der Waals surface area contributed by atoms with Gasteiger partial charge in [0.1, 0.15) is 17.8 Å². The fourth-order valence-corrected chi connectivity index (χ4v) is 2.22. The molecule has 0 fully saturated rings. The van der Waals surface area contributed by atoms with Crippen LogP contribution in [-0.4, -0.2) is 57.8 Å². The van der Waals surface area contributed by atoms with E-state index in [0.29, 0.717) is 5.56 Å². The lowest BCUT2D eigenvalue weighted by Gasteiger charge is -2.23. The molecule has 0 aliphatic heterocycles. The normalized spacial score (nSPS) is 14.3. The second-order valence-corrected chi connectivity index (χ2v) is 6.29. The van der Waals surface area contributed by atoms with Crippen LogP contribution in [0.4, 0.5) is 0 Å². The van der Waals surface area contributed by atoms with Crippen molar-refractivity contribution in [3.63, 3.8) is 0 Å². The third kappa shape index (κ3) is 6.34. The predicted molar refractivity (Wildman–Crippen MR) is 93.2 cm³/mol. The van der Waals surface area contributed by atoms with Crippen molar-refractivity contribution < 1.29 is 29.7 Å². The molecule has 0 unspecified atom stereocenters. The molecule has 2 amide bonds. The zero-order valence-electron chi connectivity index (χ0n) is 14.7. The van der Waals surface area contributed by atoms with Crippen molar-refractivity contribution in [2.45, 2.75) is 38.4 Å². The van der Waals surface area contributed by atoms with Gasteiger partial charge in [0.15, 0.2) is 0 Å². The highest BCUT2D eigenvalue weighted by Crippen LogP contribution is 2.11. The third-order valence-corrected chi connectivity index (χ3v) is 3.77. The van der Waals surface area contributed by atoms with Crippen LogP contribution in [0.15, 0.2) is 24.3 Å². The summed E-state index contributed by atoms with van der Waals surface area (Å²) >= 11 is 0. The summed E-state index contributed by atoms with van der Waals surface area (Å²) in [6.07, 6.45) is 0.162. The molecule has 0 spiro atoms. The van der Waals surface area contributed by atoms with Gasteiger partial charge >= 0.3 is 5.97 Å². The number of carbonyl (C=O) groups is 3. The predicted octanol–water partition coefficient (Wildman–Crippen LogP) is -1.04. The summed E-state index contributed by atoms with van der Waals surface area (Å²) in [4.78, 5) is 35.4. The number of aliphatic carboxylic acids is 1. The number of nitrogens with two attached hydrogens (primary N) is 1. The minimum absolute atomic E-state index is 0.0851. The Morgan fingerprint density at radius 3 is 2.12 bits per heavy atom. The number of carboxylic acids is 1. The van der Waals surface area contributed by atoms with Crippen molar-refractivity contribution in [1.82, 2.24) is 10.6 Å². The Hall–Kier alpha value is -2.65. The summed E-state index contributed by atoms with van der Waals surface area (Å²) < 4.78 is 0. The number of hydrogen-bond donors (Lipinski definition) is 6. The van der Waals surface area contributed by atoms with Crippen LogP contribution in [-0.2, 0) is 20.8 Å². The number of carbonyl (C=O) groups excluding carboxylic acids is 2. The van der Waals surface area contributed by atoms with E-state index in [0.717, 1.165) is 0 Å². The molecule has 9 nitrogen and oxygen atoms in total. The minimum atomic E-state index is -1.31. The van der Waals surface area contributed by atoms with E-state index in [1.807, 2.05) is 0 Å². The molecule has 144 valence electrons. The summed E-state index contributed by atoms with van der Waals surface area (Å²) in [6, 6.07) is 2.70. The Morgan fingerprint density at radius 2 is 1.65 bits per heavy atom. The summed E-state index contributed by atoms with van der Waals surface area (Å²) in [6.45, 7) is 2.55. The lowest BCUT2D eigenvalue weighted by molar-refractivity contribution is -0.143. The van der Waals surface area contributed by atoms with Crippen molar-refractivity contribution in [1.29, 1.82) is 0 Å². The SMILES string of the molecule is CC(C)[C@H](NC(=O)[C@H](CO)NC(=O)[C@@H](N)Cc1ccc(O)cc1)C(=O)O. The van der Waals surface area contributed by atoms with Gasteiger partial charge in [0, 0.05) is 0 Å². The van der Waals surface area contributed by atoms with Crippen molar-refractivity contribution in [2.24, 2.45) is 11.7 Å². The number of aliphatic hydroxyl groups is 1. The molecule has 26 heavy (non-hydrogen) atoms. The van der Waals surface area contributed by atoms with Gasteiger partial charge < -0.3 is 31.7 Å². The zero-order valence-corrected chi connectivity index (χ0v) is 14.7. The fourth-order valence-electron chi connectivity index (χ4n) is 2.22. The summed E-state index contributed by atoms with van der Waals surface area (Å²) in [5, 5.41) is 32.3. The van der Waals surface area contributed by atoms with Crippen LogP contribution in [0.5, 0.6) is 5.75 Å². The van der Waals surface area contributed by atoms with E-state index in [-0.39, 0.29) is 18.1 Å². The Bertz CT molecular complexity index is 632. The van der Waals surface area contributed by atoms with E-state index >= 15 is 0 Å². The van der Waals surface area contributed by atoms with Gasteiger partial charge in [-0.25, -0.2) is 4.79 Å². The number of benzene rings is 1. The molecule has 0 saturated heterocycles. The standard InChI is InChI=1S/C17H25N3O6/c1-9(2)14(17(25)26)20-16(24)13(8-21)19-15(23)12(18)7-10-3-5-11(22)6-4-10/h3-6,9,12-14,21-22H,7-8,18H2,1-2H3,(H,19,23)(H,20,24)(H,25,26)/t12-,13-,14-/m0/s1. The van der Waals surface area contributed by atoms with E-state index in [1.54, 1.807) is 26.0 Å². The molecule has 1 rings (SSSR count). The van der Waals surface area contributed by atoms with Crippen LogP contribution in [0.1, 0.15) is 19.4 Å². The molecular weight excluding hydrogens is 342 g/mol. The fraction of sp³-hybridized carbons (Fsp3) is 0.471. The molecule has 0 saturated carbocycles. The molecule has 1 aromatic rings. The number of hydrogen-bond acceptors (Lipinski definition) is 6. The van der Waals surface area contributed by atoms with Gasteiger partial charge in [-0.3, -0.25) is 9.59 Å². The van der Waals surface area contributed by atoms with Crippen molar-refractivity contribution in [2.75, 3.05) is 6.61 Å². The molecule has 7 N–H and O–H groups in total. The first-order valence-corrected chi connectivity index (χ1v) is 8.13. The quantitative estimate of drug-likeness (QED) is 0.325. The number of amides is 2. The third-order valence-electron chi connectivity index (χ3n) is 3.77. The van der Waals surface area contributed by atoms with Crippen LogP contribution in [0, 0.1) is 5.92 Å². The molecule has 1 aromatic carbocycles. The van der Waals surface area contributed by atoms with Crippen LogP contribution in [0.25, 0.3) is 0 Å². The van der Waals surface area contributed by atoms with Crippen LogP contribution >= 0.6 is 0 Å². The molecule has 0 heterocycles. The van der Waals surface area contributed by atoms with Gasteiger partial charge in [0.2, 0.25) is 11.8 Å². The number of aliphatic hydroxyl groups excluding tert-OH is 1. The van der Waals surface area contributed by atoms with E-state index in [4.69, 9.17) is 10.8 Å². The lowest BCUT2D eigenvalue weighted by Crippen LogP contribution is -2.56. The number of phenolic OH excluding ortho intramolecular Hbond substituents is 1. The molecule has 0 aromatic heterocycles. The summed E-state index contributed by atoms with van der Waals surface area (Å²) in [5.41, 5.74) is 6.52. The van der Waals surface area contributed by atoms with E-state index in [2.05, 4.69) is 10.6 Å². The van der Waals surface area contributed by atoms with Gasteiger partial charge in [0.05, 0.1) is 12.6 Å². The summed E-state index contributed by atoms with van der Waals surface area (Å²) in [7, 11) is 0. The van der Waals surface area contributed by atoms with Crippen molar-refractivity contribution in [3.05, 3.63) is 29.8 Å². The first-order valence-electron chi connectivity index (χ1n) is 8.13. The largest absolute Gasteiger partial charge is 0.508 e. The van der Waals surface area contributed by atoms with Crippen LogP contribution in [0.2, 0.25) is 0 Å². The van der Waals surface area contributed by atoms with Gasteiger partial charge in [-0.1, -0.05) is 26.0 Å². The molecule has 0 radical (unpaired) electrons. The zero-order chi connectivity index (χ0) is 19.9. The maximum Gasteiger partial charge on any atom is 0.326 e. The second kappa shape index (κ2) is 9.73. The molecule has 3 atom stereocenters. The molecule has 0 aliphatic rings. The number of rotatable bonds is 9. The number of nitrogens with one attached hydrogen (secondary N) is 2. The van der Waals surface area contributed by atoms with Crippen LogP contribution in [0.3, 0.4) is 0 Å². The minimum Gasteiger partial charge on any atom is -0.508 e. The van der Waals surface area contributed by atoms with Gasteiger partial charge in [-0.05, 0) is 30.0 Å². The number of phenols is 1. The number of carboxylic acid groups (broad SMARTS) is 1. The number of aromatic hydroxyl groups is 1. The average molecular weight is 367 g/mol. The highest BCUT2D eigenvalue weighted by molar-refractivity contribution is 5.92. The smallest absolute Gasteiger partial charge is 0.326 e. The Labute approximate surface area is 151 Å². The van der Waals surface area contributed by atoms with E-state index in [9.17, 15) is 24.6 Å². The maximum absolute atomic E-state index is 12.1. The van der Waals surface area contributed by atoms with Crippen molar-refractivity contribution in [3.8, 4) is 5.75 Å². The first-order chi connectivity index (χ1) is 12.1. The van der Waals surface area contributed by atoms with Crippen LogP contribution < -0.4 is 16.4 Å². The Balaban J connectivity index is 2.67. The highest BCUT2D eigenvalue weighted by atomic mass is 16.4. The molecule has 9 heteroatoms. The van der Waals surface area contributed by atoms with E-state index < -0.39 is 42.5 Å². The topological polar surface area (TPSA) is 162 Å². The lowest BCUT2D eigenvalue weighted by atomic mass is 10.0. The monoisotopic (exact) mass is 367 g/mol.